The molecule has 2 unspecified atom stereocenters. The van der Waals surface area contributed by atoms with E-state index in [4.69, 9.17) is 0 Å². The summed E-state index contributed by atoms with van der Waals surface area (Å²) in [5, 5.41) is 9.25. The second-order valence-electron chi connectivity index (χ2n) is 8.90. The Bertz CT molecular complexity index is 436. The molecule has 0 saturated carbocycles. The molecule has 0 aliphatic rings. The van der Waals surface area contributed by atoms with Gasteiger partial charge in [0.25, 0.3) is 10.1 Å². The zero-order valence-corrected chi connectivity index (χ0v) is 20.2. The molecule has 0 aromatic rings. The van der Waals surface area contributed by atoms with Crippen molar-refractivity contribution in [1.82, 2.24) is 0 Å². The Hall–Kier alpha value is -0.130. The minimum atomic E-state index is -3.92. The molecule has 2 atom stereocenters. The van der Waals surface area contributed by atoms with Crippen molar-refractivity contribution in [2.24, 2.45) is 0 Å². The van der Waals surface area contributed by atoms with Gasteiger partial charge in [0.05, 0.1) is 11.4 Å². The van der Waals surface area contributed by atoms with Crippen LogP contribution in [-0.4, -0.2) is 29.4 Å². The maximum Gasteiger partial charge on any atom is 0.267 e. The van der Waals surface area contributed by atoms with Crippen molar-refractivity contribution in [1.29, 1.82) is 0 Å². The lowest BCUT2D eigenvalue weighted by atomic mass is 10.0. The molecule has 0 bridgehead atoms. The first-order valence-electron chi connectivity index (χ1n) is 12.6. The fraction of sp³-hybridized carbons (Fsp3) is 1.00. The van der Waals surface area contributed by atoms with Crippen LogP contribution in [0.3, 0.4) is 0 Å². The second-order valence-corrected chi connectivity index (χ2v) is 10.6. The minimum Gasteiger partial charge on any atom is -0.393 e. The van der Waals surface area contributed by atoms with Gasteiger partial charge in [-0.3, -0.25) is 4.55 Å². The molecular formula is C24H50O4S. The first kappa shape index (κ1) is 28.9. The summed E-state index contributed by atoms with van der Waals surface area (Å²) < 4.78 is 32.8. The van der Waals surface area contributed by atoms with E-state index in [1.54, 1.807) is 0 Å². The molecule has 2 N–H and O–H groups in total. The van der Waals surface area contributed by atoms with E-state index in [0.717, 1.165) is 70.6 Å². The van der Waals surface area contributed by atoms with Crippen LogP contribution in [0.15, 0.2) is 0 Å². The molecule has 29 heavy (non-hydrogen) atoms. The van der Waals surface area contributed by atoms with Crippen molar-refractivity contribution >= 4 is 10.1 Å². The summed E-state index contributed by atoms with van der Waals surface area (Å²) in [6.45, 7) is 4.37. The van der Waals surface area contributed by atoms with Crippen molar-refractivity contribution in [3.63, 3.8) is 0 Å². The second kappa shape index (κ2) is 19.8. The van der Waals surface area contributed by atoms with E-state index in [-0.39, 0.29) is 6.10 Å². The molecule has 0 aromatic carbocycles. The normalized spacial score (nSPS) is 14.2. The highest BCUT2D eigenvalue weighted by atomic mass is 32.2. The summed E-state index contributed by atoms with van der Waals surface area (Å²) in [7, 11) is -3.92. The number of unbranched alkanes of at least 4 members (excludes halogenated alkanes) is 13. The van der Waals surface area contributed by atoms with Gasteiger partial charge >= 0.3 is 0 Å². The molecule has 0 aliphatic heterocycles. The van der Waals surface area contributed by atoms with Crippen molar-refractivity contribution in [2.45, 2.75) is 154 Å². The van der Waals surface area contributed by atoms with Gasteiger partial charge in [-0.15, -0.1) is 0 Å². The van der Waals surface area contributed by atoms with E-state index >= 15 is 0 Å². The van der Waals surface area contributed by atoms with Crippen LogP contribution in [-0.2, 0) is 10.1 Å². The summed E-state index contributed by atoms with van der Waals surface area (Å²) in [6, 6.07) is 0. The van der Waals surface area contributed by atoms with Crippen LogP contribution in [0.2, 0.25) is 0 Å². The maximum atomic E-state index is 11.7. The number of hydrogen-bond donors (Lipinski definition) is 2. The Kier molecular flexibility index (Phi) is 19.7. The van der Waals surface area contributed by atoms with Gasteiger partial charge in [-0.2, -0.15) is 8.42 Å². The average Bonchev–Trinajstić information content (AvgIpc) is 2.67. The summed E-state index contributed by atoms with van der Waals surface area (Å²) in [5.41, 5.74) is 0. The number of aliphatic hydroxyl groups excluding tert-OH is 1. The Morgan fingerprint density at radius 2 is 0.897 bits per heavy atom. The molecule has 0 fully saturated rings. The third-order valence-electron chi connectivity index (χ3n) is 6.01. The van der Waals surface area contributed by atoms with Crippen LogP contribution in [0, 0.1) is 0 Å². The molecule has 5 heteroatoms. The topological polar surface area (TPSA) is 74.6 Å². The number of hydrogen-bond acceptors (Lipinski definition) is 3. The highest BCUT2D eigenvalue weighted by Gasteiger charge is 2.21. The third-order valence-corrected chi connectivity index (χ3v) is 7.32. The smallest absolute Gasteiger partial charge is 0.267 e. The van der Waals surface area contributed by atoms with Crippen LogP contribution in [0.4, 0.5) is 0 Å². The first-order valence-corrected chi connectivity index (χ1v) is 14.1. The zero-order chi connectivity index (χ0) is 21.8. The summed E-state index contributed by atoms with van der Waals surface area (Å²) in [6.07, 6.45) is 21.1. The molecule has 4 nitrogen and oxygen atoms in total. The van der Waals surface area contributed by atoms with E-state index in [1.165, 1.54) is 44.9 Å². The third kappa shape index (κ3) is 19.6. The van der Waals surface area contributed by atoms with Crippen LogP contribution in [0.25, 0.3) is 0 Å². The number of rotatable bonds is 22. The van der Waals surface area contributed by atoms with Gasteiger partial charge in [-0.1, -0.05) is 117 Å². The lowest BCUT2D eigenvalue weighted by molar-refractivity contribution is 0.148. The Balaban J connectivity index is 3.72. The minimum absolute atomic E-state index is 0.157. The highest BCUT2D eigenvalue weighted by molar-refractivity contribution is 7.86. The van der Waals surface area contributed by atoms with Gasteiger partial charge in [0, 0.05) is 0 Å². The predicted molar refractivity (Wildman–Crippen MR) is 125 cm³/mol. The van der Waals surface area contributed by atoms with Crippen LogP contribution in [0.5, 0.6) is 0 Å². The molecule has 0 rings (SSSR count). The standard InChI is InChI=1S/C24H50O4S/c1-3-5-7-8-9-10-11-14-17-21-24(29(26,27)28)22-18-15-12-13-16-20-23(25)19-6-4-2/h23-25H,3-22H2,1-2H3,(H,26,27,28). The van der Waals surface area contributed by atoms with Crippen LogP contribution in [0.1, 0.15) is 142 Å². The fourth-order valence-electron chi connectivity index (χ4n) is 3.99. The van der Waals surface area contributed by atoms with Crippen LogP contribution >= 0.6 is 0 Å². The molecule has 0 aliphatic carbocycles. The Morgan fingerprint density at radius 1 is 0.552 bits per heavy atom. The molecule has 0 amide bonds. The molecule has 0 heterocycles. The van der Waals surface area contributed by atoms with Gasteiger partial charge in [0.15, 0.2) is 0 Å². The van der Waals surface area contributed by atoms with Gasteiger partial charge < -0.3 is 5.11 Å². The van der Waals surface area contributed by atoms with Crippen molar-refractivity contribution < 1.29 is 18.1 Å². The van der Waals surface area contributed by atoms with Gasteiger partial charge in [0.1, 0.15) is 0 Å². The van der Waals surface area contributed by atoms with Crippen molar-refractivity contribution in [3.8, 4) is 0 Å². The Labute approximate surface area is 182 Å². The molecule has 176 valence electrons. The molecule has 0 radical (unpaired) electrons. The van der Waals surface area contributed by atoms with E-state index in [1.807, 2.05) is 0 Å². The summed E-state index contributed by atoms with van der Waals surface area (Å²) in [5.74, 6) is 0. The predicted octanol–water partition coefficient (Wildman–Crippen LogP) is 7.45. The zero-order valence-electron chi connectivity index (χ0n) is 19.4. The SMILES string of the molecule is CCCCCCCCCCCC(CCCCCCCC(O)CCCC)S(=O)(=O)O. The van der Waals surface area contributed by atoms with E-state index in [9.17, 15) is 18.1 Å². The molecule has 0 spiro atoms. The van der Waals surface area contributed by atoms with Gasteiger partial charge in [-0.05, 0) is 25.7 Å². The average molecular weight is 435 g/mol. The summed E-state index contributed by atoms with van der Waals surface area (Å²) in [4.78, 5) is 0. The lowest BCUT2D eigenvalue weighted by Gasteiger charge is -2.14. The largest absolute Gasteiger partial charge is 0.393 e. The van der Waals surface area contributed by atoms with Crippen LogP contribution < -0.4 is 0 Å². The Morgan fingerprint density at radius 3 is 1.31 bits per heavy atom. The molecule has 0 aromatic heterocycles. The van der Waals surface area contributed by atoms with Crippen molar-refractivity contribution in [2.75, 3.05) is 0 Å². The maximum absolute atomic E-state index is 11.7. The number of aliphatic hydroxyl groups is 1. The first-order chi connectivity index (χ1) is 13.9. The highest BCUT2D eigenvalue weighted by Crippen LogP contribution is 2.20. The summed E-state index contributed by atoms with van der Waals surface area (Å²) >= 11 is 0. The quantitative estimate of drug-likeness (QED) is 0.137. The van der Waals surface area contributed by atoms with E-state index in [0.29, 0.717) is 12.8 Å². The van der Waals surface area contributed by atoms with Gasteiger partial charge in [-0.25, -0.2) is 0 Å². The van der Waals surface area contributed by atoms with Gasteiger partial charge in [0.2, 0.25) is 0 Å². The monoisotopic (exact) mass is 434 g/mol. The van der Waals surface area contributed by atoms with Crippen molar-refractivity contribution in [3.05, 3.63) is 0 Å². The molecular weight excluding hydrogens is 384 g/mol. The molecule has 0 saturated heterocycles. The fourth-order valence-corrected chi connectivity index (χ4v) is 4.92. The lowest BCUT2D eigenvalue weighted by Crippen LogP contribution is -2.20. The van der Waals surface area contributed by atoms with E-state index < -0.39 is 15.4 Å². The van der Waals surface area contributed by atoms with E-state index in [2.05, 4.69) is 13.8 Å².